The van der Waals surface area contributed by atoms with Gasteiger partial charge in [-0.2, -0.15) is 0 Å². The zero-order chi connectivity index (χ0) is 10.6. The molecule has 1 aliphatic rings. The summed E-state index contributed by atoms with van der Waals surface area (Å²) in [5.41, 5.74) is -0.433. The largest absolute Gasteiger partial charge is 0.396 e. The molecule has 3 heteroatoms. The molecule has 3 nitrogen and oxygen atoms in total. The first-order chi connectivity index (χ1) is 6.68. The molecular formula is C11H16O3. The van der Waals surface area contributed by atoms with Crippen LogP contribution in [-0.2, 0) is 4.79 Å². The Hall–Kier alpha value is -0.850. The maximum absolute atomic E-state index is 11.2. The quantitative estimate of drug-likeness (QED) is 0.640. The first kappa shape index (κ1) is 11.2. The van der Waals surface area contributed by atoms with E-state index in [4.69, 9.17) is 6.42 Å². The fourth-order valence-corrected chi connectivity index (χ4v) is 2.14. The highest BCUT2D eigenvalue weighted by molar-refractivity contribution is 5.79. The Morgan fingerprint density at radius 3 is 2.79 bits per heavy atom. The highest BCUT2D eigenvalue weighted by atomic mass is 16.3. The Bertz CT molecular complexity index is 254. The molecule has 0 aromatic heterocycles. The van der Waals surface area contributed by atoms with Gasteiger partial charge < -0.3 is 10.2 Å². The molecule has 2 atom stereocenters. The van der Waals surface area contributed by atoms with Crippen LogP contribution in [0, 0.1) is 23.7 Å². The van der Waals surface area contributed by atoms with Crippen LogP contribution in [0.25, 0.3) is 0 Å². The van der Waals surface area contributed by atoms with Crippen molar-refractivity contribution in [3.63, 3.8) is 0 Å². The second-order valence-corrected chi connectivity index (χ2v) is 4.02. The number of Topliss-reactive ketones (excluding diaryl/α,β-unsaturated/α-hetero) is 1. The summed E-state index contributed by atoms with van der Waals surface area (Å²) in [7, 11) is 0. The van der Waals surface area contributed by atoms with Gasteiger partial charge >= 0.3 is 0 Å². The standard InChI is InChI=1S/C11H16O3/c1-2-4-11(8-13)5-3-10(14)6-9(11)7-12/h1,9,12-13H,3-8H2/t9?,11-/m0/s1. The molecule has 1 aliphatic carbocycles. The van der Waals surface area contributed by atoms with Crippen LogP contribution in [0.2, 0.25) is 0 Å². The van der Waals surface area contributed by atoms with Crippen LogP contribution in [0.3, 0.4) is 0 Å². The smallest absolute Gasteiger partial charge is 0.133 e. The summed E-state index contributed by atoms with van der Waals surface area (Å²) < 4.78 is 0. The summed E-state index contributed by atoms with van der Waals surface area (Å²) in [6.45, 7) is -0.121. The number of carbonyl (C=O) groups excluding carboxylic acids is 1. The molecule has 0 bridgehead atoms. The van der Waals surface area contributed by atoms with E-state index in [0.29, 0.717) is 25.7 Å². The molecule has 1 rings (SSSR count). The Morgan fingerprint density at radius 2 is 2.29 bits per heavy atom. The third-order valence-electron chi connectivity index (χ3n) is 3.23. The Labute approximate surface area is 84.1 Å². The van der Waals surface area contributed by atoms with Crippen LogP contribution in [0.1, 0.15) is 25.7 Å². The van der Waals surface area contributed by atoms with Gasteiger partial charge in [0.1, 0.15) is 5.78 Å². The predicted octanol–water partition coefficient (Wildman–Crippen LogP) is 0.350. The third kappa shape index (κ3) is 1.97. The summed E-state index contributed by atoms with van der Waals surface area (Å²) in [5, 5.41) is 18.5. The number of rotatable bonds is 3. The van der Waals surface area contributed by atoms with Crippen LogP contribution in [0.15, 0.2) is 0 Å². The van der Waals surface area contributed by atoms with Gasteiger partial charge in [0.25, 0.3) is 0 Å². The fraction of sp³-hybridized carbons (Fsp3) is 0.727. The van der Waals surface area contributed by atoms with E-state index < -0.39 is 5.41 Å². The van der Waals surface area contributed by atoms with Gasteiger partial charge in [0, 0.05) is 37.9 Å². The second-order valence-electron chi connectivity index (χ2n) is 4.02. The van der Waals surface area contributed by atoms with E-state index in [2.05, 4.69) is 5.92 Å². The minimum atomic E-state index is -0.433. The topological polar surface area (TPSA) is 57.5 Å². The average molecular weight is 196 g/mol. The van der Waals surface area contributed by atoms with Gasteiger partial charge in [0.05, 0.1) is 0 Å². The number of terminal acetylenes is 1. The molecule has 0 radical (unpaired) electrons. The number of hydrogen-bond donors (Lipinski definition) is 2. The maximum Gasteiger partial charge on any atom is 0.133 e. The van der Waals surface area contributed by atoms with Gasteiger partial charge in [-0.3, -0.25) is 4.79 Å². The van der Waals surface area contributed by atoms with E-state index in [1.165, 1.54) is 0 Å². The molecule has 14 heavy (non-hydrogen) atoms. The van der Waals surface area contributed by atoms with Crippen molar-refractivity contribution in [3.8, 4) is 12.3 Å². The fourth-order valence-electron chi connectivity index (χ4n) is 2.14. The number of aliphatic hydroxyl groups is 2. The Balaban J connectivity index is 2.82. The molecule has 1 fully saturated rings. The van der Waals surface area contributed by atoms with Crippen molar-refractivity contribution in [3.05, 3.63) is 0 Å². The predicted molar refractivity (Wildman–Crippen MR) is 52.4 cm³/mol. The number of carbonyl (C=O) groups is 1. The first-order valence-corrected chi connectivity index (χ1v) is 4.85. The molecule has 78 valence electrons. The lowest BCUT2D eigenvalue weighted by Crippen LogP contribution is -2.41. The van der Waals surface area contributed by atoms with Crippen LogP contribution >= 0.6 is 0 Å². The molecule has 0 aliphatic heterocycles. The second kappa shape index (κ2) is 4.59. The molecule has 0 saturated heterocycles. The monoisotopic (exact) mass is 196 g/mol. The highest BCUT2D eigenvalue weighted by Gasteiger charge is 2.41. The third-order valence-corrected chi connectivity index (χ3v) is 3.23. The van der Waals surface area contributed by atoms with Crippen LogP contribution < -0.4 is 0 Å². The minimum Gasteiger partial charge on any atom is -0.396 e. The van der Waals surface area contributed by atoms with Gasteiger partial charge in [0.2, 0.25) is 0 Å². The molecule has 2 N–H and O–H groups in total. The van der Waals surface area contributed by atoms with Crippen molar-refractivity contribution in [2.45, 2.75) is 25.7 Å². The number of ketones is 1. The van der Waals surface area contributed by atoms with Crippen LogP contribution in [0.5, 0.6) is 0 Å². The van der Waals surface area contributed by atoms with Crippen molar-refractivity contribution < 1.29 is 15.0 Å². The van der Waals surface area contributed by atoms with Gasteiger partial charge in [-0.05, 0) is 12.3 Å². The van der Waals surface area contributed by atoms with Crippen molar-refractivity contribution in [1.82, 2.24) is 0 Å². The molecule has 0 aromatic rings. The Morgan fingerprint density at radius 1 is 1.57 bits per heavy atom. The zero-order valence-electron chi connectivity index (χ0n) is 8.20. The average Bonchev–Trinajstić information content (AvgIpc) is 2.21. The molecule has 1 unspecified atom stereocenters. The lowest BCUT2D eigenvalue weighted by atomic mass is 9.65. The lowest BCUT2D eigenvalue weighted by Gasteiger charge is -2.40. The van der Waals surface area contributed by atoms with E-state index in [-0.39, 0.29) is 24.9 Å². The van der Waals surface area contributed by atoms with Crippen molar-refractivity contribution in [2.75, 3.05) is 13.2 Å². The van der Waals surface area contributed by atoms with Crippen molar-refractivity contribution in [2.24, 2.45) is 11.3 Å². The molecule has 0 aromatic carbocycles. The normalized spacial score (nSPS) is 32.6. The maximum atomic E-state index is 11.2. The number of hydrogen-bond acceptors (Lipinski definition) is 3. The van der Waals surface area contributed by atoms with E-state index in [1.54, 1.807) is 0 Å². The molecule has 1 saturated carbocycles. The van der Waals surface area contributed by atoms with Gasteiger partial charge in [-0.15, -0.1) is 12.3 Å². The summed E-state index contributed by atoms with van der Waals surface area (Å²) >= 11 is 0. The van der Waals surface area contributed by atoms with Crippen LogP contribution in [0.4, 0.5) is 0 Å². The van der Waals surface area contributed by atoms with Gasteiger partial charge in [-0.25, -0.2) is 0 Å². The van der Waals surface area contributed by atoms with E-state index in [9.17, 15) is 15.0 Å². The Kier molecular flexibility index (Phi) is 3.68. The highest BCUT2D eigenvalue weighted by Crippen LogP contribution is 2.41. The van der Waals surface area contributed by atoms with E-state index >= 15 is 0 Å². The van der Waals surface area contributed by atoms with E-state index in [0.717, 1.165) is 0 Å². The summed E-state index contributed by atoms with van der Waals surface area (Å²) in [6, 6.07) is 0. The number of aliphatic hydroxyl groups excluding tert-OH is 2. The van der Waals surface area contributed by atoms with Gasteiger partial charge in [0.15, 0.2) is 0 Å². The van der Waals surface area contributed by atoms with Gasteiger partial charge in [-0.1, -0.05) is 0 Å². The summed E-state index contributed by atoms with van der Waals surface area (Å²) in [6.07, 6.45) is 7.09. The minimum absolute atomic E-state index is 0.0459. The van der Waals surface area contributed by atoms with Crippen LogP contribution in [-0.4, -0.2) is 29.2 Å². The molecule has 0 amide bonds. The summed E-state index contributed by atoms with van der Waals surface area (Å²) in [4.78, 5) is 11.2. The SMILES string of the molecule is C#CC[C@@]1(CO)CCC(=O)CC1CO. The lowest BCUT2D eigenvalue weighted by molar-refractivity contribution is -0.127. The molecular weight excluding hydrogens is 180 g/mol. The van der Waals surface area contributed by atoms with E-state index in [1.807, 2.05) is 0 Å². The summed E-state index contributed by atoms with van der Waals surface area (Å²) in [5.74, 6) is 2.51. The zero-order valence-corrected chi connectivity index (χ0v) is 8.20. The van der Waals surface area contributed by atoms with Crippen molar-refractivity contribution in [1.29, 1.82) is 0 Å². The molecule has 0 heterocycles. The van der Waals surface area contributed by atoms with Crippen molar-refractivity contribution >= 4 is 5.78 Å². The first-order valence-electron chi connectivity index (χ1n) is 4.85. The molecule has 0 spiro atoms.